The van der Waals surface area contributed by atoms with Gasteiger partial charge < -0.3 is 19.7 Å². The number of nitrogens with zero attached hydrogens (tertiary/aromatic N) is 1. The van der Waals surface area contributed by atoms with Gasteiger partial charge in [-0.05, 0) is 59.8 Å². The highest BCUT2D eigenvalue weighted by atomic mass is 32.1. The number of Topliss-reactive ketones (excluding diaryl/α,β-unsaturated/α-hetero) is 2. The second kappa shape index (κ2) is 8.65. The number of ketones is 2. The summed E-state index contributed by atoms with van der Waals surface area (Å²) in [5.74, 6) is -0.746. The number of benzene rings is 3. The van der Waals surface area contributed by atoms with E-state index in [1.807, 2.05) is 71.8 Å². The standard InChI is InChI=1S/C33H24N2O5S/c1-18-15-27-33(21-8-3-4-9-22(21)34-32(33)38)28(30(36)19-12-13-24-25(16-19)40-17-39-24)29(31(37)26-11-6-14-41-26)35(27)23-10-5-2-7-20(18)23/h2-16,27-29H,17H2,1H3,(H,34,38). The number of para-hydroxylation sites is 2. The molecule has 7 nitrogen and oxygen atoms in total. The predicted molar refractivity (Wildman–Crippen MR) is 156 cm³/mol. The Bertz CT molecular complexity index is 1810. The third-order valence-corrected chi connectivity index (χ3v) is 9.74. The van der Waals surface area contributed by atoms with Gasteiger partial charge >= 0.3 is 0 Å². The average Bonchev–Trinajstić information content (AvgIpc) is 3.79. The van der Waals surface area contributed by atoms with E-state index in [0.717, 1.165) is 22.4 Å². The maximum Gasteiger partial charge on any atom is 0.238 e. The van der Waals surface area contributed by atoms with Crippen molar-refractivity contribution in [3.05, 3.63) is 112 Å². The van der Waals surface area contributed by atoms with Crippen molar-refractivity contribution in [1.82, 2.24) is 0 Å². The van der Waals surface area contributed by atoms with Crippen molar-refractivity contribution >= 4 is 45.8 Å². The molecule has 0 aliphatic carbocycles. The summed E-state index contributed by atoms with van der Waals surface area (Å²) in [6.45, 7) is 2.10. The summed E-state index contributed by atoms with van der Waals surface area (Å²) in [6, 6.07) is 22.6. The first-order valence-electron chi connectivity index (χ1n) is 13.5. The van der Waals surface area contributed by atoms with E-state index in [1.165, 1.54) is 11.3 Å². The first kappa shape index (κ1) is 24.1. The summed E-state index contributed by atoms with van der Waals surface area (Å²) >= 11 is 1.34. The maximum atomic E-state index is 14.9. The van der Waals surface area contributed by atoms with Crippen LogP contribution in [0.15, 0.2) is 90.3 Å². The molecule has 3 aromatic carbocycles. The zero-order chi connectivity index (χ0) is 27.9. The summed E-state index contributed by atoms with van der Waals surface area (Å²) in [5.41, 5.74) is 3.22. The lowest BCUT2D eigenvalue weighted by atomic mass is 9.64. The third-order valence-electron chi connectivity index (χ3n) is 8.86. The second-order valence-electron chi connectivity index (χ2n) is 10.8. The molecular weight excluding hydrogens is 536 g/mol. The van der Waals surface area contributed by atoms with Crippen LogP contribution in [0.3, 0.4) is 0 Å². The van der Waals surface area contributed by atoms with Crippen LogP contribution in [0.2, 0.25) is 0 Å². The van der Waals surface area contributed by atoms with Gasteiger partial charge in [-0.2, -0.15) is 0 Å². The van der Waals surface area contributed by atoms with Crippen LogP contribution >= 0.6 is 11.3 Å². The molecule has 0 saturated carbocycles. The molecule has 4 aliphatic heterocycles. The number of carbonyl (C=O) groups is 3. The van der Waals surface area contributed by atoms with E-state index in [2.05, 4.69) is 11.4 Å². The highest BCUT2D eigenvalue weighted by Crippen LogP contribution is 2.59. The Labute approximate surface area is 240 Å². The van der Waals surface area contributed by atoms with E-state index in [9.17, 15) is 14.4 Å². The Balaban J connectivity index is 1.43. The SMILES string of the molecule is CC1=CC2N(c3ccccc31)C(C(=O)c1cccs1)C(C(=O)c1ccc3c(c1)OCO3)C21C(=O)Nc2ccccc21. The van der Waals surface area contributed by atoms with Crippen LogP contribution in [0.4, 0.5) is 11.4 Å². The minimum Gasteiger partial charge on any atom is -0.454 e. The molecule has 4 aliphatic rings. The number of ether oxygens (including phenoxy) is 2. The number of fused-ring (bicyclic) bond motifs is 7. The minimum atomic E-state index is -1.35. The van der Waals surface area contributed by atoms with Crippen molar-refractivity contribution < 1.29 is 23.9 Å². The summed E-state index contributed by atoms with van der Waals surface area (Å²) in [4.78, 5) is 46.5. The van der Waals surface area contributed by atoms with Gasteiger partial charge in [-0.15, -0.1) is 11.3 Å². The fourth-order valence-corrected chi connectivity index (χ4v) is 7.88. The van der Waals surface area contributed by atoms with Gasteiger partial charge in [0.05, 0.1) is 16.8 Å². The Morgan fingerprint density at radius 3 is 2.61 bits per heavy atom. The van der Waals surface area contributed by atoms with Crippen LogP contribution in [-0.4, -0.2) is 36.4 Å². The van der Waals surface area contributed by atoms with Crippen LogP contribution in [0.1, 0.15) is 38.1 Å². The van der Waals surface area contributed by atoms with Gasteiger partial charge in [0, 0.05) is 22.5 Å². The smallest absolute Gasteiger partial charge is 0.238 e. The molecule has 1 saturated heterocycles. The zero-order valence-corrected chi connectivity index (χ0v) is 22.8. The number of allylic oxidation sites excluding steroid dienone is 1. The summed E-state index contributed by atoms with van der Waals surface area (Å²) < 4.78 is 11.1. The van der Waals surface area contributed by atoms with E-state index in [-0.39, 0.29) is 24.3 Å². The molecule has 1 N–H and O–H groups in total. The number of nitrogens with one attached hydrogen (secondary N) is 1. The summed E-state index contributed by atoms with van der Waals surface area (Å²) in [6.07, 6.45) is 2.06. The second-order valence-corrected chi connectivity index (χ2v) is 11.7. The van der Waals surface area contributed by atoms with E-state index >= 15 is 0 Å². The topological polar surface area (TPSA) is 84.9 Å². The van der Waals surface area contributed by atoms with Crippen LogP contribution in [0.25, 0.3) is 5.57 Å². The molecule has 4 aromatic rings. The van der Waals surface area contributed by atoms with Crippen LogP contribution < -0.4 is 19.7 Å². The Kier molecular flexibility index (Phi) is 5.09. The summed E-state index contributed by atoms with van der Waals surface area (Å²) in [7, 11) is 0. The van der Waals surface area contributed by atoms with E-state index < -0.39 is 23.4 Å². The quantitative estimate of drug-likeness (QED) is 0.321. The fraction of sp³-hybridized carbons (Fsp3) is 0.182. The summed E-state index contributed by atoms with van der Waals surface area (Å²) in [5, 5.41) is 4.93. The molecule has 41 heavy (non-hydrogen) atoms. The van der Waals surface area contributed by atoms with Crippen LogP contribution in [0, 0.1) is 5.92 Å². The van der Waals surface area contributed by atoms with Crippen molar-refractivity contribution in [2.24, 2.45) is 5.92 Å². The molecule has 0 bridgehead atoms. The largest absolute Gasteiger partial charge is 0.454 e. The van der Waals surface area contributed by atoms with Gasteiger partial charge in [0.2, 0.25) is 12.7 Å². The van der Waals surface area contributed by atoms with Gasteiger partial charge in [0.25, 0.3) is 0 Å². The van der Waals surface area contributed by atoms with Gasteiger partial charge in [-0.3, -0.25) is 14.4 Å². The molecule has 5 heterocycles. The van der Waals surface area contributed by atoms with E-state index in [0.29, 0.717) is 27.6 Å². The first-order chi connectivity index (χ1) is 20.0. The minimum absolute atomic E-state index is 0.0757. The van der Waals surface area contributed by atoms with E-state index in [1.54, 1.807) is 24.3 Å². The molecule has 1 fully saturated rings. The Hall–Kier alpha value is -4.69. The Morgan fingerprint density at radius 2 is 1.76 bits per heavy atom. The lowest BCUT2D eigenvalue weighted by Crippen LogP contribution is -2.51. The van der Waals surface area contributed by atoms with Crippen LogP contribution in [-0.2, 0) is 10.2 Å². The first-order valence-corrected chi connectivity index (χ1v) is 14.4. The molecule has 1 aromatic heterocycles. The number of thiophene rings is 1. The number of hydrogen-bond donors (Lipinski definition) is 1. The van der Waals surface area contributed by atoms with Crippen LogP contribution in [0.5, 0.6) is 11.5 Å². The van der Waals surface area contributed by atoms with Crippen molar-refractivity contribution in [3.8, 4) is 11.5 Å². The number of rotatable bonds is 4. The molecule has 1 amide bonds. The molecule has 1 spiro atoms. The average molecular weight is 561 g/mol. The zero-order valence-electron chi connectivity index (χ0n) is 22.0. The number of carbonyl (C=O) groups excluding carboxylic acids is 3. The van der Waals surface area contributed by atoms with Crippen molar-refractivity contribution in [1.29, 1.82) is 0 Å². The molecule has 4 atom stereocenters. The molecule has 0 radical (unpaired) electrons. The molecule has 202 valence electrons. The molecule has 8 heteroatoms. The number of anilines is 2. The Morgan fingerprint density at radius 1 is 0.951 bits per heavy atom. The van der Waals surface area contributed by atoms with Crippen molar-refractivity contribution in [3.63, 3.8) is 0 Å². The van der Waals surface area contributed by atoms with Gasteiger partial charge in [0.1, 0.15) is 11.5 Å². The molecular formula is C33H24N2O5S. The third kappa shape index (κ3) is 3.16. The van der Waals surface area contributed by atoms with Crippen molar-refractivity contribution in [2.75, 3.05) is 17.0 Å². The normalized spacial score (nSPS) is 24.9. The highest BCUT2D eigenvalue weighted by molar-refractivity contribution is 7.12. The van der Waals surface area contributed by atoms with E-state index in [4.69, 9.17) is 9.47 Å². The van der Waals surface area contributed by atoms with Gasteiger partial charge in [0.15, 0.2) is 23.1 Å². The number of hydrogen-bond acceptors (Lipinski definition) is 7. The maximum absolute atomic E-state index is 14.9. The highest BCUT2D eigenvalue weighted by Gasteiger charge is 2.70. The lowest BCUT2D eigenvalue weighted by molar-refractivity contribution is -0.121. The van der Waals surface area contributed by atoms with Crippen molar-refractivity contribution in [2.45, 2.75) is 24.4 Å². The lowest BCUT2D eigenvalue weighted by Gasteiger charge is -2.39. The van der Waals surface area contributed by atoms with Gasteiger partial charge in [-0.1, -0.05) is 48.5 Å². The monoisotopic (exact) mass is 560 g/mol. The molecule has 4 unspecified atom stereocenters. The number of amides is 1. The van der Waals surface area contributed by atoms with Gasteiger partial charge in [-0.25, -0.2) is 0 Å². The predicted octanol–water partition coefficient (Wildman–Crippen LogP) is 5.72. The fourth-order valence-electron chi connectivity index (χ4n) is 7.18. The molecule has 8 rings (SSSR count).